The molecular weight excluding hydrogens is 316 g/mol. The zero-order valence-electron chi connectivity index (χ0n) is 19.3. The van der Waals surface area contributed by atoms with Gasteiger partial charge < -0.3 is 9.80 Å². The average Bonchev–Trinajstić information content (AvgIpc) is 2.57. The molecule has 0 unspecified atom stereocenters. The minimum atomic E-state index is 0.436. The zero-order chi connectivity index (χ0) is 19.7. The summed E-state index contributed by atoms with van der Waals surface area (Å²) in [5.41, 5.74) is 3.89. The van der Waals surface area contributed by atoms with Crippen LogP contribution in [-0.4, -0.2) is 49.1 Å². The number of rotatable bonds is 12. The Balaban J connectivity index is 2.36. The lowest BCUT2D eigenvalue weighted by atomic mass is 9.71. The van der Waals surface area contributed by atoms with E-state index < -0.39 is 0 Å². The fourth-order valence-corrected chi connectivity index (χ4v) is 4.75. The Kier molecular flexibility index (Phi) is 10.5. The van der Waals surface area contributed by atoms with Gasteiger partial charge in [0.05, 0.1) is 0 Å². The maximum absolute atomic E-state index is 2.60. The van der Waals surface area contributed by atoms with Gasteiger partial charge >= 0.3 is 0 Å². The third-order valence-corrected chi connectivity index (χ3v) is 6.92. The van der Waals surface area contributed by atoms with Crippen molar-refractivity contribution >= 4 is 0 Å². The molecule has 0 aromatic rings. The third-order valence-electron chi connectivity index (χ3n) is 6.92. The minimum Gasteiger partial charge on any atom is -0.304 e. The highest BCUT2D eigenvalue weighted by atomic mass is 15.1. The van der Waals surface area contributed by atoms with Crippen molar-refractivity contribution in [2.75, 3.05) is 33.2 Å². The predicted octanol–water partition coefficient (Wildman–Crippen LogP) is 6.37. The van der Waals surface area contributed by atoms with Gasteiger partial charge in [-0.2, -0.15) is 0 Å². The van der Waals surface area contributed by atoms with Gasteiger partial charge in [-0.3, -0.25) is 0 Å². The average molecular weight is 365 g/mol. The summed E-state index contributed by atoms with van der Waals surface area (Å²) in [6, 6.07) is 0.695. The molecule has 2 heteroatoms. The molecule has 0 radical (unpaired) electrons. The first kappa shape index (κ1) is 23.7. The molecule has 0 N–H and O–H groups in total. The van der Waals surface area contributed by atoms with Crippen molar-refractivity contribution in [3.63, 3.8) is 0 Å². The molecule has 1 rings (SSSR count). The molecule has 0 spiro atoms. The molecule has 0 aliphatic heterocycles. The van der Waals surface area contributed by atoms with E-state index >= 15 is 0 Å². The third kappa shape index (κ3) is 7.72. The van der Waals surface area contributed by atoms with Crippen LogP contribution in [0.25, 0.3) is 0 Å². The highest BCUT2D eigenvalue weighted by Gasteiger charge is 2.28. The summed E-state index contributed by atoms with van der Waals surface area (Å²) >= 11 is 0. The van der Waals surface area contributed by atoms with E-state index in [1.54, 1.807) is 11.1 Å². The van der Waals surface area contributed by atoms with Crippen LogP contribution in [0.3, 0.4) is 0 Å². The highest BCUT2D eigenvalue weighted by Crippen LogP contribution is 2.42. The summed E-state index contributed by atoms with van der Waals surface area (Å²) in [6.07, 6.45) is 9.37. The molecular formula is C24H48N2. The van der Waals surface area contributed by atoms with Crippen molar-refractivity contribution in [2.45, 2.75) is 99.5 Å². The van der Waals surface area contributed by atoms with Gasteiger partial charge in [-0.05, 0) is 96.8 Å². The summed E-state index contributed by atoms with van der Waals surface area (Å²) in [6.45, 7) is 21.5. The molecule has 0 saturated carbocycles. The second-order valence-corrected chi connectivity index (χ2v) is 9.60. The number of allylic oxidation sites excluding steroid dienone is 2. The predicted molar refractivity (Wildman–Crippen MR) is 118 cm³/mol. The molecule has 1 aliphatic rings. The van der Waals surface area contributed by atoms with Crippen molar-refractivity contribution in [3.05, 3.63) is 11.1 Å². The maximum Gasteiger partial charge on any atom is 0.00644 e. The standard InChI is InChI=1S/C24H48N2/c1-9-26(10-2)18-12-14-22(5)25(8)19-20(3)15-16-23-21(4)13-11-17-24(23,6)7/h20,22H,9-19H2,1-8H3/t20-,22-/m0/s1. The topological polar surface area (TPSA) is 6.48 Å². The fourth-order valence-electron chi connectivity index (χ4n) is 4.75. The van der Waals surface area contributed by atoms with Crippen molar-refractivity contribution in [3.8, 4) is 0 Å². The van der Waals surface area contributed by atoms with Crippen LogP contribution in [0, 0.1) is 11.3 Å². The Morgan fingerprint density at radius 1 is 1.08 bits per heavy atom. The van der Waals surface area contributed by atoms with Gasteiger partial charge in [0.25, 0.3) is 0 Å². The minimum absolute atomic E-state index is 0.436. The van der Waals surface area contributed by atoms with E-state index in [-0.39, 0.29) is 0 Å². The Labute approximate surface area is 165 Å². The zero-order valence-corrected chi connectivity index (χ0v) is 19.3. The molecule has 1 aliphatic carbocycles. The van der Waals surface area contributed by atoms with Gasteiger partial charge in [0.1, 0.15) is 0 Å². The van der Waals surface area contributed by atoms with Crippen LogP contribution in [0.15, 0.2) is 11.1 Å². The fraction of sp³-hybridized carbons (Fsp3) is 0.917. The first-order valence-corrected chi connectivity index (χ1v) is 11.3. The van der Waals surface area contributed by atoms with Crippen LogP contribution >= 0.6 is 0 Å². The molecule has 0 aromatic heterocycles. The number of nitrogens with zero attached hydrogens (tertiary/aromatic N) is 2. The summed E-state index contributed by atoms with van der Waals surface area (Å²) in [5.74, 6) is 0.781. The molecule has 0 aromatic carbocycles. The van der Waals surface area contributed by atoms with Gasteiger partial charge in [0.2, 0.25) is 0 Å². The lowest BCUT2D eigenvalue weighted by molar-refractivity contribution is 0.197. The number of hydrogen-bond donors (Lipinski definition) is 0. The molecule has 0 fully saturated rings. The first-order chi connectivity index (χ1) is 12.2. The van der Waals surface area contributed by atoms with E-state index in [1.807, 2.05) is 0 Å². The monoisotopic (exact) mass is 364 g/mol. The van der Waals surface area contributed by atoms with Crippen LogP contribution in [0.1, 0.15) is 93.4 Å². The van der Waals surface area contributed by atoms with Crippen LogP contribution in [0.5, 0.6) is 0 Å². The van der Waals surface area contributed by atoms with Crippen molar-refractivity contribution in [1.82, 2.24) is 9.80 Å². The Morgan fingerprint density at radius 2 is 1.73 bits per heavy atom. The van der Waals surface area contributed by atoms with Crippen LogP contribution in [0.4, 0.5) is 0 Å². The van der Waals surface area contributed by atoms with Crippen molar-refractivity contribution < 1.29 is 0 Å². The van der Waals surface area contributed by atoms with E-state index in [2.05, 4.69) is 65.3 Å². The molecule has 2 nitrogen and oxygen atoms in total. The largest absolute Gasteiger partial charge is 0.304 e. The van der Waals surface area contributed by atoms with Crippen LogP contribution < -0.4 is 0 Å². The second-order valence-electron chi connectivity index (χ2n) is 9.60. The summed E-state index contributed by atoms with van der Waals surface area (Å²) in [4.78, 5) is 5.14. The molecule has 0 amide bonds. The van der Waals surface area contributed by atoms with Gasteiger partial charge in [-0.1, -0.05) is 45.8 Å². The van der Waals surface area contributed by atoms with Crippen molar-refractivity contribution in [1.29, 1.82) is 0 Å². The normalized spacial score (nSPS) is 20.1. The second kappa shape index (κ2) is 11.5. The molecule has 26 heavy (non-hydrogen) atoms. The van der Waals surface area contributed by atoms with Gasteiger partial charge in [-0.25, -0.2) is 0 Å². The van der Waals surface area contributed by atoms with Gasteiger partial charge in [0, 0.05) is 12.6 Å². The quantitative estimate of drug-likeness (QED) is 0.371. The summed E-state index contributed by atoms with van der Waals surface area (Å²) in [5, 5.41) is 0. The van der Waals surface area contributed by atoms with E-state index in [4.69, 9.17) is 0 Å². The van der Waals surface area contributed by atoms with Gasteiger partial charge in [-0.15, -0.1) is 0 Å². The maximum atomic E-state index is 2.60. The smallest absolute Gasteiger partial charge is 0.00644 e. The molecule has 0 saturated heterocycles. The van der Waals surface area contributed by atoms with E-state index in [0.717, 1.165) is 5.92 Å². The Morgan fingerprint density at radius 3 is 2.31 bits per heavy atom. The van der Waals surface area contributed by atoms with Crippen molar-refractivity contribution in [2.24, 2.45) is 11.3 Å². The van der Waals surface area contributed by atoms with E-state index in [1.165, 1.54) is 71.1 Å². The highest BCUT2D eigenvalue weighted by molar-refractivity contribution is 5.22. The lowest BCUT2D eigenvalue weighted by Crippen LogP contribution is -2.34. The lowest BCUT2D eigenvalue weighted by Gasteiger charge is -2.35. The van der Waals surface area contributed by atoms with Gasteiger partial charge in [0.15, 0.2) is 0 Å². The van der Waals surface area contributed by atoms with E-state index in [9.17, 15) is 0 Å². The Bertz CT molecular complexity index is 420. The molecule has 2 atom stereocenters. The molecule has 0 heterocycles. The number of hydrogen-bond acceptors (Lipinski definition) is 2. The molecule has 154 valence electrons. The first-order valence-electron chi connectivity index (χ1n) is 11.3. The van der Waals surface area contributed by atoms with Crippen LogP contribution in [-0.2, 0) is 0 Å². The van der Waals surface area contributed by atoms with Crippen LogP contribution in [0.2, 0.25) is 0 Å². The summed E-state index contributed by atoms with van der Waals surface area (Å²) in [7, 11) is 2.33. The molecule has 0 bridgehead atoms. The summed E-state index contributed by atoms with van der Waals surface area (Å²) < 4.78 is 0. The van der Waals surface area contributed by atoms with E-state index in [0.29, 0.717) is 11.5 Å². The SMILES string of the molecule is CCN(CC)CCC[C@H](C)N(C)C[C@@H](C)CCC1=C(C)CCCC1(C)C. The Hall–Kier alpha value is -0.340.